The SMILES string of the molecule is c1ccc(-c2nc(-c3ccc(-c4ccc(-c5cccc6c5sc5ccccc56)cc4)cc3)nc(-c3cccc4c3C(c3ccccc3)(c3ccccc3)c3ccccc3-4)n2)cc1. The number of aromatic nitrogens is 3. The maximum atomic E-state index is 5.36. The monoisotopic (exact) mass is 807 g/mol. The molecule has 1 aliphatic carbocycles. The molecule has 290 valence electrons. The molecule has 0 spiro atoms. The first kappa shape index (κ1) is 36.1. The van der Waals surface area contributed by atoms with Gasteiger partial charge in [0.25, 0.3) is 0 Å². The first-order valence-corrected chi connectivity index (χ1v) is 21.8. The van der Waals surface area contributed by atoms with E-state index in [0.29, 0.717) is 17.5 Å². The van der Waals surface area contributed by atoms with Crippen molar-refractivity contribution in [1.29, 1.82) is 0 Å². The largest absolute Gasteiger partial charge is 0.208 e. The van der Waals surface area contributed by atoms with Crippen LogP contribution in [0.4, 0.5) is 0 Å². The molecule has 0 bridgehead atoms. The number of thiophene rings is 1. The molecule has 4 heteroatoms. The average Bonchev–Trinajstić information content (AvgIpc) is 3.89. The number of benzene rings is 9. The maximum absolute atomic E-state index is 5.36. The van der Waals surface area contributed by atoms with Crippen molar-refractivity contribution in [3.05, 3.63) is 247 Å². The Kier molecular flexibility index (Phi) is 8.58. The fourth-order valence-electron chi connectivity index (χ4n) is 9.66. The Morgan fingerprint density at radius 1 is 0.306 bits per heavy atom. The number of hydrogen-bond donors (Lipinski definition) is 0. The molecule has 11 aromatic rings. The smallest absolute Gasteiger partial charge is 0.164 e. The summed E-state index contributed by atoms with van der Waals surface area (Å²) in [5.74, 6) is 1.91. The van der Waals surface area contributed by atoms with E-state index in [0.717, 1.165) is 27.8 Å². The zero-order chi connectivity index (χ0) is 41.0. The van der Waals surface area contributed by atoms with Crippen LogP contribution in [0.3, 0.4) is 0 Å². The summed E-state index contributed by atoms with van der Waals surface area (Å²) in [4.78, 5) is 15.8. The molecule has 2 heterocycles. The van der Waals surface area contributed by atoms with Gasteiger partial charge < -0.3 is 0 Å². The quantitative estimate of drug-likeness (QED) is 0.161. The third-order valence-electron chi connectivity index (χ3n) is 12.5. The van der Waals surface area contributed by atoms with Gasteiger partial charge in [0.1, 0.15) is 0 Å². The lowest BCUT2D eigenvalue weighted by molar-refractivity contribution is 0.769. The third-order valence-corrected chi connectivity index (χ3v) is 13.7. The summed E-state index contributed by atoms with van der Waals surface area (Å²) in [6.07, 6.45) is 0. The Hall–Kier alpha value is -7.79. The van der Waals surface area contributed by atoms with E-state index in [1.54, 1.807) is 0 Å². The molecule has 0 radical (unpaired) electrons. The van der Waals surface area contributed by atoms with Gasteiger partial charge in [0.2, 0.25) is 0 Å². The highest BCUT2D eigenvalue weighted by Crippen LogP contribution is 2.58. The second-order valence-electron chi connectivity index (χ2n) is 15.9. The van der Waals surface area contributed by atoms with E-state index in [1.807, 2.05) is 29.5 Å². The van der Waals surface area contributed by atoms with Crippen LogP contribution in [-0.4, -0.2) is 15.0 Å². The normalized spacial score (nSPS) is 12.6. The van der Waals surface area contributed by atoms with Gasteiger partial charge in [0.15, 0.2) is 17.5 Å². The minimum atomic E-state index is -0.605. The molecule has 0 saturated heterocycles. The van der Waals surface area contributed by atoms with Crippen LogP contribution in [0.2, 0.25) is 0 Å². The van der Waals surface area contributed by atoms with E-state index >= 15 is 0 Å². The van der Waals surface area contributed by atoms with Gasteiger partial charge in [0, 0.05) is 36.9 Å². The van der Waals surface area contributed by atoms with Gasteiger partial charge in [0.05, 0.1) is 5.41 Å². The van der Waals surface area contributed by atoms with E-state index in [9.17, 15) is 0 Å². The molecule has 62 heavy (non-hydrogen) atoms. The average molecular weight is 808 g/mol. The van der Waals surface area contributed by atoms with Crippen LogP contribution < -0.4 is 0 Å². The van der Waals surface area contributed by atoms with Gasteiger partial charge in [-0.1, -0.05) is 218 Å². The standard InChI is InChI=1S/C58H37N3S/c1-4-16-41(17-5-1)55-59-56(42-36-32-39(33-37-42)38-30-34-40(35-31-38)45-24-14-26-49-47-23-11-13-29-52(47)62-54(45)49)61-57(60-55)50-27-15-25-48-46-22-10-12-28-51(46)58(53(48)50,43-18-6-2-7-19-43)44-20-8-3-9-21-44/h1-37H. The van der Waals surface area contributed by atoms with Gasteiger partial charge in [-0.15, -0.1) is 11.3 Å². The van der Waals surface area contributed by atoms with Crippen LogP contribution in [0.25, 0.3) is 87.7 Å². The highest BCUT2D eigenvalue weighted by Gasteiger charge is 2.47. The van der Waals surface area contributed by atoms with E-state index in [1.165, 1.54) is 64.7 Å². The molecule has 3 nitrogen and oxygen atoms in total. The molecule has 0 amide bonds. The van der Waals surface area contributed by atoms with Crippen LogP contribution in [0.1, 0.15) is 22.3 Å². The zero-order valence-corrected chi connectivity index (χ0v) is 34.4. The van der Waals surface area contributed by atoms with Crippen molar-refractivity contribution in [2.24, 2.45) is 0 Å². The van der Waals surface area contributed by atoms with Gasteiger partial charge >= 0.3 is 0 Å². The van der Waals surface area contributed by atoms with Crippen LogP contribution in [0.5, 0.6) is 0 Å². The minimum Gasteiger partial charge on any atom is -0.208 e. The first-order chi connectivity index (χ1) is 30.7. The summed E-state index contributed by atoms with van der Waals surface area (Å²) in [6, 6.07) is 80.3. The highest BCUT2D eigenvalue weighted by molar-refractivity contribution is 7.26. The number of fused-ring (bicyclic) bond motifs is 6. The zero-order valence-electron chi connectivity index (χ0n) is 33.6. The Bertz CT molecular complexity index is 3390. The lowest BCUT2D eigenvalue weighted by atomic mass is 9.66. The van der Waals surface area contributed by atoms with Crippen molar-refractivity contribution < 1.29 is 0 Å². The van der Waals surface area contributed by atoms with Gasteiger partial charge in [-0.3, -0.25) is 0 Å². The molecule has 2 aromatic heterocycles. The summed E-state index contributed by atoms with van der Waals surface area (Å²) >= 11 is 1.87. The fraction of sp³-hybridized carbons (Fsp3) is 0.0172. The van der Waals surface area contributed by atoms with E-state index in [-0.39, 0.29) is 0 Å². The van der Waals surface area contributed by atoms with E-state index in [2.05, 4.69) is 206 Å². The van der Waals surface area contributed by atoms with Crippen LogP contribution >= 0.6 is 11.3 Å². The summed E-state index contributed by atoms with van der Waals surface area (Å²) in [5.41, 5.74) is 14.2. The Morgan fingerprint density at radius 3 is 1.47 bits per heavy atom. The van der Waals surface area contributed by atoms with Gasteiger partial charge in [-0.25, -0.2) is 15.0 Å². The van der Waals surface area contributed by atoms with Crippen LogP contribution in [0.15, 0.2) is 224 Å². The highest BCUT2D eigenvalue weighted by atomic mass is 32.1. The predicted molar refractivity (Wildman–Crippen MR) is 257 cm³/mol. The molecule has 0 aliphatic heterocycles. The first-order valence-electron chi connectivity index (χ1n) is 21.0. The minimum absolute atomic E-state index is 0.605. The van der Waals surface area contributed by atoms with Crippen LogP contribution in [0, 0.1) is 0 Å². The van der Waals surface area contributed by atoms with Gasteiger partial charge in [-0.05, 0) is 61.7 Å². The summed E-state index contributed by atoms with van der Waals surface area (Å²) in [5, 5.41) is 2.63. The Labute approximate surface area is 364 Å². The van der Waals surface area contributed by atoms with E-state index < -0.39 is 5.41 Å². The fourth-order valence-corrected chi connectivity index (χ4v) is 10.9. The second kappa shape index (κ2) is 14.7. The predicted octanol–water partition coefficient (Wildman–Crippen LogP) is 14.9. The van der Waals surface area contributed by atoms with Crippen LogP contribution in [-0.2, 0) is 5.41 Å². The van der Waals surface area contributed by atoms with Crippen molar-refractivity contribution in [3.8, 4) is 67.5 Å². The molecule has 12 rings (SSSR count). The number of rotatable bonds is 7. The molecule has 9 aromatic carbocycles. The van der Waals surface area contributed by atoms with Crippen molar-refractivity contribution >= 4 is 31.5 Å². The van der Waals surface area contributed by atoms with Crippen molar-refractivity contribution in [1.82, 2.24) is 15.0 Å². The van der Waals surface area contributed by atoms with E-state index in [4.69, 9.17) is 15.0 Å². The molecule has 0 saturated carbocycles. The van der Waals surface area contributed by atoms with Crippen molar-refractivity contribution in [2.45, 2.75) is 5.41 Å². The maximum Gasteiger partial charge on any atom is 0.164 e. The Morgan fingerprint density at radius 2 is 0.774 bits per heavy atom. The lowest BCUT2D eigenvalue weighted by Gasteiger charge is -2.35. The number of nitrogens with zero attached hydrogens (tertiary/aromatic N) is 3. The van der Waals surface area contributed by atoms with Crippen molar-refractivity contribution in [2.75, 3.05) is 0 Å². The summed E-state index contributed by atoms with van der Waals surface area (Å²) in [6.45, 7) is 0. The molecule has 0 fully saturated rings. The molecular weight excluding hydrogens is 771 g/mol. The number of hydrogen-bond acceptors (Lipinski definition) is 4. The van der Waals surface area contributed by atoms with Gasteiger partial charge in [-0.2, -0.15) is 0 Å². The summed E-state index contributed by atoms with van der Waals surface area (Å²) < 4.78 is 2.65. The Balaban J connectivity index is 0.978. The molecule has 0 unspecified atom stereocenters. The lowest BCUT2D eigenvalue weighted by Crippen LogP contribution is -2.29. The summed E-state index contributed by atoms with van der Waals surface area (Å²) in [7, 11) is 0. The third kappa shape index (κ3) is 5.76. The second-order valence-corrected chi connectivity index (χ2v) is 16.9. The molecule has 1 aliphatic rings. The molecule has 0 atom stereocenters. The van der Waals surface area contributed by atoms with Crippen molar-refractivity contribution in [3.63, 3.8) is 0 Å². The topological polar surface area (TPSA) is 38.7 Å². The molecule has 0 N–H and O–H groups in total. The molecular formula is C58H37N3S.